The zero-order chi connectivity index (χ0) is 21.7. The summed E-state index contributed by atoms with van der Waals surface area (Å²) in [7, 11) is -1.79. The van der Waals surface area contributed by atoms with Gasteiger partial charge < -0.3 is 9.64 Å². The molecule has 1 amide bonds. The standard InChI is InChI=1S/C22H35N3O4S/c1-18(2)17-29-21-11-7-8-19(16-21)22(26)24-12-14-25(15-13-24)30(27,28)23(3)20-9-5-4-6-10-20/h7-8,11,16,18,20H,4-6,9-10,12-15,17H2,1-3H3. The summed E-state index contributed by atoms with van der Waals surface area (Å²) in [4.78, 5) is 14.6. The average molecular weight is 438 g/mol. The van der Waals surface area contributed by atoms with Gasteiger partial charge >= 0.3 is 0 Å². The molecular weight excluding hydrogens is 402 g/mol. The van der Waals surface area contributed by atoms with Crippen molar-refractivity contribution in [1.29, 1.82) is 0 Å². The van der Waals surface area contributed by atoms with Crippen LogP contribution in [0.15, 0.2) is 24.3 Å². The Morgan fingerprint density at radius 3 is 2.43 bits per heavy atom. The molecule has 1 aliphatic heterocycles. The van der Waals surface area contributed by atoms with Crippen molar-refractivity contribution in [1.82, 2.24) is 13.5 Å². The molecule has 1 aromatic carbocycles. The third kappa shape index (κ3) is 5.53. The zero-order valence-electron chi connectivity index (χ0n) is 18.4. The molecule has 1 aromatic rings. The number of carbonyl (C=O) groups excluding carboxylic acids is 1. The molecule has 30 heavy (non-hydrogen) atoms. The van der Waals surface area contributed by atoms with Crippen molar-refractivity contribution in [3.8, 4) is 5.75 Å². The Bertz CT molecular complexity index is 813. The molecule has 7 nitrogen and oxygen atoms in total. The van der Waals surface area contributed by atoms with Gasteiger partial charge in [0.25, 0.3) is 16.1 Å². The van der Waals surface area contributed by atoms with E-state index in [1.165, 1.54) is 10.7 Å². The number of ether oxygens (including phenoxy) is 1. The van der Waals surface area contributed by atoms with Crippen molar-refractivity contribution in [2.24, 2.45) is 5.92 Å². The maximum absolute atomic E-state index is 13.0. The minimum atomic E-state index is -3.49. The van der Waals surface area contributed by atoms with Crippen LogP contribution in [0, 0.1) is 5.92 Å². The first-order valence-electron chi connectivity index (χ1n) is 11.0. The molecule has 1 heterocycles. The summed E-state index contributed by atoms with van der Waals surface area (Å²) in [5, 5.41) is 0. The lowest BCUT2D eigenvalue weighted by atomic mass is 9.96. The van der Waals surface area contributed by atoms with E-state index in [9.17, 15) is 13.2 Å². The highest BCUT2D eigenvalue weighted by molar-refractivity contribution is 7.86. The summed E-state index contributed by atoms with van der Waals surface area (Å²) >= 11 is 0. The van der Waals surface area contributed by atoms with Crippen molar-refractivity contribution >= 4 is 16.1 Å². The zero-order valence-corrected chi connectivity index (χ0v) is 19.2. The second-order valence-corrected chi connectivity index (χ2v) is 10.7. The molecule has 0 bridgehead atoms. The highest BCUT2D eigenvalue weighted by atomic mass is 32.2. The van der Waals surface area contributed by atoms with Crippen molar-refractivity contribution in [3.63, 3.8) is 0 Å². The average Bonchev–Trinajstić information content (AvgIpc) is 2.77. The minimum absolute atomic E-state index is 0.0809. The van der Waals surface area contributed by atoms with E-state index in [0.717, 1.165) is 25.7 Å². The van der Waals surface area contributed by atoms with E-state index < -0.39 is 10.2 Å². The Kier molecular flexibility index (Phi) is 7.76. The van der Waals surface area contributed by atoms with Crippen molar-refractivity contribution in [3.05, 3.63) is 29.8 Å². The van der Waals surface area contributed by atoms with Gasteiger partial charge in [-0.3, -0.25) is 4.79 Å². The summed E-state index contributed by atoms with van der Waals surface area (Å²) in [6.07, 6.45) is 5.24. The molecule has 168 valence electrons. The summed E-state index contributed by atoms with van der Waals surface area (Å²) in [5.74, 6) is 1.01. The first-order chi connectivity index (χ1) is 14.3. The van der Waals surface area contributed by atoms with Gasteiger partial charge in [0.2, 0.25) is 0 Å². The summed E-state index contributed by atoms with van der Waals surface area (Å²) < 4.78 is 34.9. The Morgan fingerprint density at radius 1 is 1.13 bits per heavy atom. The highest BCUT2D eigenvalue weighted by Crippen LogP contribution is 2.25. The number of rotatable bonds is 7. The number of amides is 1. The topological polar surface area (TPSA) is 70.2 Å². The number of nitrogens with zero attached hydrogens (tertiary/aromatic N) is 3. The second kappa shape index (κ2) is 10.1. The van der Waals surface area contributed by atoms with E-state index in [-0.39, 0.29) is 11.9 Å². The fraction of sp³-hybridized carbons (Fsp3) is 0.682. The van der Waals surface area contributed by atoms with Crippen LogP contribution in [0.25, 0.3) is 0 Å². The Hall–Kier alpha value is -1.64. The molecule has 8 heteroatoms. The van der Waals surface area contributed by atoms with Crippen LogP contribution in [-0.4, -0.2) is 73.7 Å². The maximum atomic E-state index is 13.0. The number of piperazine rings is 1. The van der Waals surface area contributed by atoms with E-state index in [0.29, 0.717) is 50.0 Å². The fourth-order valence-electron chi connectivity index (χ4n) is 4.10. The molecule has 0 radical (unpaired) electrons. The van der Waals surface area contributed by atoms with E-state index in [4.69, 9.17) is 4.74 Å². The van der Waals surface area contributed by atoms with Gasteiger partial charge in [0.05, 0.1) is 6.61 Å². The Labute approximate surface area is 181 Å². The van der Waals surface area contributed by atoms with Crippen molar-refractivity contribution in [2.75, 3.05) is 39.8 Å². The maximum Gasteiger partial charge on any atom is 0.282 e. The molecule has 0 spiro atoms. The van der Waals surface area contributed by atoms with Crippen LogP contribution in [0.4, 0.5) is 0 Å². The SMILES string of the molecule is CC(C)COc1cccc(C(=O)N2CCN(S(=O)(=O)N(C)C3CCCCC3)CC2)c1. The van der Waals surface area contributed by atoms with Crippen LogP contribution in [0.5, 0.6) is 5.75 Å². The number of carbonyl (C=O) groups is 1. The molecule has 2 aliphatic rings. The Morgan fingerprint density at radius 2 is 1.80 bits per heavy atom. The van der Waals surface area contributed by atoms with Crippen molar-refractivity contribution < 1.29 is 17.9 Å². The molecule has 0 N–H and O–H groups in total. The monoisotopic (exact) mass is 437 g/mol. The van der Waals surface area contributed by atoms with Crippen molar-refractivity contribution in [2.45, 2.75) is 52.0 Å². The first kappa shape index (κ1) is 23.0. The van der Waals surface area contributed by atoms with E-state index in [1.54, 1.807) is 28.4 Å². The molecule has 1 saturated heterocycles. The third-order valence-electron chi connectivity index (χ3n) is 5.97. The van der Waals surface area contributed by atoms with Gasteiger partial charge in [-0.15, -0.1) is 0 Å². The largest absolute Gasteiger partial charge is 0.493 e. The van der Waals surface area contributed by atoms with Crippen LogP contribution in [0.1, 0.15) is 56.3 Å². The quantitative estimate of drug-likeness (QED) is 0.658. The second-order valence-electron chi connectivity index (χ2n) is 8.74. The lowest BCUT2D eigenvalue weighted by Gasteiger charge is -2.38. The van der Waals surface area contributed by atoms with Crippen LogP contribution in [0.3, 0.4) is 0 Å². The molecule has 0 unspecified atom stereocenters. The number of benzene rings is 1. The highest BCUT2D eigenvalue weighted by Gasteiger charge is 2.35. The van der Waals surface area contributed by atoms with Gasteiger partial charge in [-0.25, -0.2) is 0 Å². The molecule has 1 aliphatic carbocycles. The molecule has 3 rings (SSSR count). The van der Waals surface area contributed by atoms with Crippen LogP contribution in [0.2, 0.25) is 0 Å². The lowest BCUT2D eigenvalue weighted by molar-refractivity contribution is 0.0692. The smallest absolute Gasteiger partial charge is 0.282 e. The van der Waals surface area contributed by atoms with Gasteiger partial charge in [-0.05, 0) is 37.0 Å². The minimum Gasteiger partial charge on any atom is -0.493 e. The summed E-state index contributed by atoms with van der Waals surface area (Å²) in [5.41, 5.74) is 0.576. The van der Waals surface area contributed by atoms with Crippen LogP contribution in [-0.2, 0) is 10.2 Å². The predicted molar refractivity (Wildman–Crippen MR) is 118 cm³/mol. The van der Waals surface area contributed by atoms with Crippen LogP contribution >= 0.6 is 0 Å². The van der Waals surface area contributed by atoms with Gasteiger partial charge in [-0.2, -0.15) is 17.0 Å². The number of hydrogen-bond donors (Lipinski definition) is 0. The summed E-state index contributed by atoms with van der Waals surface area (Å²) in [6, 6.07) is 7.32. The van der Waals surface area contributed by atoms with E-state index in [2.05, 4.69) is 13.8 Å². The van der Waals surface area contributed by atoms with Gasteiger partial charge in [0, 0.05) is 44.8 Å². The molecular formula is C22H35N3O4S. The molecule has 2 fully saturated rings. The first-order valence-corrected chi connectivity index (χ1v) is 12.4. The third-order valence-corrected chi connectivity index (χ3v) is 8.01. The fourth-order valence-corrected chi connectivity index (χ4v) is 5.68. The molecule has 0 aromatic heterocycles. The van der Waals surface area contributed by atoms with Gasteiger partial charge in [0.1, 0.15) is 5.75 Å². The number of hydrogen-bond acceptors (Lipinski definition) is 4. The van der Waals surface area contributed by atoms with E-state index >= 15 is 0 Å². The van der Waals surface area contributed by atoms with Crippen LogP contribution < -0.4 is 4.74 Å². The lowest BCUT2D eigenvalue weighted by Crippen LogP contribution is -2.55. The van der Waals surface area contributed by atoms with E-state index in [1.807, 2.05) is 12.1 Å². The van der Waals surface area contributed by atoms with Gasteiger partial charge in [-0.1, -0.05) is 39.2 Å². The molecule has 0 atom stereocenters. The predicted octanol–water partition coefficient (Wildman–Crippen LogP) is 2.99. The normalized spacial score (nSPS) is 19.4. The summed E-state index contributed by atoms with van der Waals surface area (Å²) in [6.45, 7) is 6.20. The van der Waals surface area contributed by atoms with Gasteiger partial charge in [0.15, 0.2) is 0 Å². The Balaban J connectivity index is 1.58. The molecule has 1 saturated carbocycles.